The van der Waals surface area contributed by atoms with E-state index in [0.717, 1.165) is 5.69 Å². The van der Waals surface area contributed by atoms with Gasteiger partial charge in [0.05, 0.1) is 12.4 Å². The molecule has 1 atom stereocenters. The molecule has 2 N–H and O–H groups in total. The van der Waals surface area contributed by atoms with Crippen molar-refractivity contribution in [3.8, 4) is 5.69 Å². The van der Waals surface area contributed by atoms with Gasteiger partial charge in [0, 0.05) is 40.8 Å². The van der Waals surface area contributed by atoms with Crippen LogP contribution in [0.1, 0.15) is 22.0 Å². The van der Waals surface area contributed by atoms with E-state index in [9.17, 15) is 9.90 Å². The molecule has 0 spiro atoms. The van der Waals surface area contributed by atoms with E-state index in [1.165, 1.54) is 0 Å². The molecule has 0 saturated heterocycles. The Labute approximate surface area is 144 Å². The minimum absolute atomic E-state index is 0.0812. The van der Waals surface area contributed by atoms with Gasteiger partial charge in [-0.25, -0.2) is 4.98 Å². The van der Waals surface area contributed by atoms with Gasteiger partial charge >= 0.3 is 0 Å². The summed E-state index contributed by atoms with van der Waals surface area (Å²) >= 11 is 6.05. The first-order valence-electron chi connectivity index (χ1n) is 7.44. The van der Waals surface area contributed by atoms with Crippen LogP contribution in [0.3, 0.4) is 0 Å². The fourth-order valence-electron chi connectivity index (χ4n) is 2.37. The van der Waals surface area contributed by atoms with Crippen molar-refractivity contribution >= 4 is 17.5 Å². The van der Waals surface area contributed by atoms with E-state index >= 15 is 0 Å². The second-order valence-electron chi connectivity index (χ2n) is 5.27. The highest BCUT2D eigenvalue weighted by molar-refractivity contribution is 6.31. The lowest BCUT2D eigenvalue weighted by atomic mass is 10.1. The zero-order valence-corrected chi connectivity index (χ0v) is 13.5. The molecule has 0 aliphatic carbocycles. The maximum absolute atomic E-state index is 12.3. The van der Waals surface area contributed by atoms with Crippen molar-refractivity contribution < 1.29 is 9.90 Å². The number of carbonyl (C=O) groups excluding carboxylic acids is 1. The van der Waals surface area contributed by atoms with Gasteiger partial charge in [0.1, 0.15) is 0 Å². The number of benzene rings is 2. The smallest absolute Gasteiger partial charge is 0.251 e. The summed E-state index contributed by atoms with van der Waals surface area (Å²) in [4.78, 5) is 16.3. The van der Waals surface area contributed by atoms with Gasteiger partial charge in [-0.2, -0.15) is 0 Å². The Kier molecular flexibility index (Phi) is 4.93. The molecule has 1 heterocycles. The highest BCUT2D eigenvalue weighted by Gasteiger charge is 2.13. The van der Waals surface area contributed by atoms with Gasteiger partial charge in [0.25, 0.3) is 5.91 Å². The number of amides is 1. The first-order valence-corrected chi connectivity index (χ1v) is 7.82. The number of nitrogens with one attached hydrogen (secondary N) is 1. The average Bonchev–Trinajstić information content (AvgIpc) is 3.14. The number of rotatable bonds is 5. The lowest BCUT2D eigenvalue weighted by Crippen LogP contribution is -2.28. The molecule has 2 aromatic carbocycles. The van der Waals surface area contributed by atoms with Crippen LogP contribution in [0.4, 0.5) is 0 Å². The SMILES string of the molecule is O=C(NCC(O)c1ccccc1Cl)c1cccc(-n2ccnc2)c1. The van der Waals surface area contributed by atoms with Crippen LogP contribution in [0.15, 0.2) is 67.3 Å². The van der Waals surface area contributed by atoms with Crippen LogP contribution in [-0.2, 0) is 0 Å². The minimum atomic E-state index is -0.862. The van der Waals surface area contributed by atoms with Gasteiger partial charge in [-0.05, 0) is 24.3 Å². The lowest BCUT2D eigenvalue weighted by Gasteiger charge is -2.14. The molecule has 1 unspecified atom stereocenters. The van der Waals surface area contributed by atoms with Gasteiger partial charge in [-0.3, -0.25) is 4.79 Å². The van der Waals surface area contributed by atoms with Crippen molar-refractivity contribution in [2.24, 2.45) is 0 Å². The van der Waals surface area contributed by atoms with E-state index in [1.807, 2.05) is 10.6 Å². The summed E-state index contributed by atoms with van der Waals surface area (Å²) in [6.45, 7) is 0.0812. The van der Waals surface area contributed by atoms with Gasteiger partial charge < -0.3 is 15.0 Å². The summed E-state index contributed by atoms with van der Waals surface area (Å²) < 4.78 is 1.81. The van der Waals surface area contributed by atoms with Crippen LogP contribution in [0.2, 0.25) is 5.02 Å². The molecule has 3 rings (SSSR count). The average molecular weight is 342 g/mol. The molecule has 122 valence electrons. The van der Waals surface area contributed by atoms with E-state index in [2.05, 4.69) is 10.3 Å². The molecule has 0 aliphatic rings. The normalized spacial score (nSPS) is 11.9. The van der Waals surface area contributed by atoms with Crippen molar-refractivity contribution in [2.45, 2.75) is 6.10 Å². The number of imidazole rings is 1. The van der Waals surface area contributed by atoms with Crippen LogP contribution < -0.4 is 5.32 Å². The zero-order valence-electron chi connectivity index (χ0n) is 12.8. The summed E-state index contributed by atoms with van der Waals surface area (Å²) in [6, 6.07) is 14.2. The molecular weight excluding hydrogens is 326 g/mol. The minimum Gasteiger partial charge on any atom is -0.387 e. The van der Waals surface area contributed by atoms with Gasteiger partial charge in [-0.15, -0.1) is 0 Å². The van der Waals surface area contributed by atoms with Gasteiger partial charge in [-0.1, -0.05) is 35.9 Å². The zero-order chi connectivity index (χ0) is 16.9. The van der Waals surface area contributed by atoms with Crippen molar-refractivity contribution in [3.63, 3.8) is 0 Å². The third-order valence-corrected chi connectivity index (χ3v) is 3.98. The van der Waals surface area contributed by atoms with Crippen LogP contribution in [0.5, 0.6) is 0 Å². The summed E-state index contributed by atoms with van der Waals surface area (Å²) in [5.74, 6) is -0.261. The summed E-state index contributed by atoms with van der Waals surface area (Å²) in [6.07, 6.45) is 4.28. The summed E-state index contributed by atoms with van der Waals surface area (Å²) in [7, 11) is 0. The van der Waals surface area contributed by atoms with Crippen LogP contribution in [0.25, 0.3) is 5.69 Å². The molecular formula is C18H16ClN3O2. The second-order valence-corrected chi connectivity index (χ2v) is 5.67. The number of hydrogen-bond donors (Lipinski definition) is 2. The third-order valence-electron chi connectivity index (χ3n) is 3.63. The number of aliphatic hydroxyl groups is 1. The molecule has 0 radical (unpaired) electrons. The molecule has 1 aromatic heterocycles. The largest absolute Gasteiger partial charge is 0.387 e. The number of nitrogens with zero attached hydrogens (tertiary/aromatic N) is 2. The van der Waals surface area contributed by atoms with Gasteiger partial charge in [0.15, 0.2) is 0 Å². The topological polar surface area (TPSA) is 67.2 Å². The Hall–Kier alpha value is -2.63. The van der Waals surface area contributed by atoms with Crippen molar-refractivity contribution in [3.05, 3.63) is 83.4 Å². The third kappa shape index (κ3) is 3.64. The van der Waals surface area contributed by atoms with Crippen molar-refractivity contribution in [1.82, 2.24) is 14.9 Å². The Balaban J connectivity index is 1.67. The fraction of sp³-hybridized carbons (Fsp3) is 0.111. The van der Waals surface area contributed by atoms with Crippen LogP contribution >= 0.6 is 11.6 Å². The molecule has 0 aliphatic heterocycles. The van der Waals surface area contributed by atoms with Crippen LogP contribution in [-0.4, -0.2) is 27.1 Å². The first kappa shape index (κ1) is 16.2. The highest BCUT2D eigenvalue weighted by Crippen LogP contribution is 2.22. The molecule has 24 heavy (non-hydrogen) atoms. The monoisotopic (exact) mass is 341 g/mol. The van der Waals surface area contributed by atoms with Gasteiger partial charge in [0.2, 0.25) is 0 Å². The molecule has 3 aromatic rings. The first-order chi connectivity index (χ1) is 11.6. The predicted octanol–water partition coefficient (Wildman–Crippen LogP) is 2.99. The Morgan fingerprint density at radius 3 is 2.83 bits per heavy atom. The fourth-order valence-corrected chi connectivity index (χ4v) is 2.63. The van der Waals surface area contributed by atoms with E-state index in [4.69, 9.17) is 11.6 Å². The number of halogens is 1. The number of carbonyl (C=O) groups is 1. The van der Waals surface area contributed by atoms with E-state index < -0.39 is 6.10 Å². The molecule has 6 heteroatoms. The van der Waals surface area contributed by atoms with Crippen molar-refractivity contribution in [2.75, 3.05) is 6.54 Å². The van der Waals surface area contributed by atoms with Crippen LogP contribution in [0, 0.1) is 0 Å². The number of aliphatic hydroxyl groups excluding tert-OH is 1. The maximum Gasteiger partial charge on any atom is 0.251 e. The Morgan fingerprint density at radius 1 is 1.25 bits per heavy atom. The molecule has 0 fully saturated rings. The molecule has 0 bridgehead atoms. The number of aromatic nitrogens is 2. The highest BCUT2D eigenvalue weighted by atomic mass is 35.5. The summed E-state index contributed by atoms with van der Waals surface area (Å²) in [5, 5.41) is 13.4. The molecule has 1 amide bonds. The predicted molar refractivity (Wildman–Crippen MR) is 92.3 cm³/mol. The molecule has 0 saturated carbocycles. The van der Waals surface area contributed by atoms with E-state index in [-0.39, 0.29) is 12.5 Å². The standard InChI is InChI=1S/C18H16ClN3O2/c19-16-7-2-1-6-15(16)17(23)11-21-18(24)13-4-3-5-14(10-13)22-9-8-20-12-22/h1-10,12,17,23H,11H2,(H,21,24). The van der Waals surface area contributed by atoms with Crippen molar-refractivity contribution in [1.29, 1.82) is 0 Å². The summed E-state index contributed by atoms with van der Waals surface area (Å²) in [5.41, 5.74) is 1.94. The van der Waals surface area contributed by atoms with E-state index in [0.29, 0.717) is 16.1 Å². The maximum atomic E-state index is 12.3. The Morgan fingerprint density at radius 2 is 2.08 bits per heavy atom. The lowest BCUT2D eigenvalue weighted by molar-refractivity contribution is 0.0916. The van der Waals surface area contributed by atoms with E-state index in [1.54, 1.807) is 61.2 Å². The molecule has 5 nitrogen and oxygen atoms in total. The second kappa shape index (κ2) is 7.29. The number of hydrogen-bond acceptors (Lipinski definition) is 3. The Bertz CT molecular complexity index is 834. The quantitative estimate of drug-likeness (QED) is 0.749.